The van der Waals surface area contributed by atoms with E-state index < -0.39 is 64.0 Å². The third-order valence-corrected chi connectivity index (χ3v) is 20.1. The van der Waals surface area contributed by atoms with Gasteiger partial charge in [0.05, 0.1) is 11.1 Å². The first kappa shape index (κ1) is 51.4. The van der Waals surface area contributed by atoms with Crippen LogP contribution in [0.3, 0.4) is 0 Å². The molecule has 76 heavy (non-hydrogen) atoms. The maximum atomic E-state index is 16.4. The van der Waals surface area contributed by atoms with Crippen LogP contribution in [-0.2, 0) is 37.3 Å². The lowest BCUT2D eigenvalue weighted by Crippen LogP contribution is -2.63. The van der Waals surface area contributed by atoms with Crippen LogP contribution >= 0.6 is 11.6 Å². The molecule has 4 saturated carbocycles. The van der Waals surface area contributed by atoms with E-state index in [-0.39, 0.29) is 63.7 Å². The van der Waals surface area contributed by atoms with Crippen molar-refractivity contribution in [1.29, 1.82) is 0 Å². The summed E-state index contributed by atoms with van der Waals surface area (Å²) in [5.41, 5.74) is 0.459. The molecule has 2 spiro atoms. The van der Waals surface area contributed by atoms with Gasteiger partial charge in [-0.15, -0.1) is 0 Å². The van der Waals surface area contributed by atoms with Gasteiger partial charge in [-0.3, -0.25) is 39.2 Å². The molecule has 19 heteroatoms. The standard InChI is InChI=1S/C57H68ClF4N9O5/c1-52(2,3)29-43-56(32-64-40-26-42(57(60,61)62)63-30-38(40)56)45(37-5-4-6-39(58)46(37)59)47(65-43)49(74)67-55-14-11-54(12-15-55,13-16-55)51(76)70-19-17-53(18-20-70)27-35(28-53)69-23-21-68(22-24-69)34-7-8-36-33(25-34)31-71(50(36)75)41-9-10-44(72)66-48(41)73/h4-8,25-26,30,35,41,43,45,47,64-65H,9-24,27-29,31-32H2,1-3H3,(H,67,74)(H,66,72,73)/t41?,43-,45-,47+,54?,55?,56-/m0/s1. The number of aromatic nitrogens is 1. The number of anilines is 2. The van der Waals surface area contributed by atoms with E-state index in [9.17, 15) is 32.3 Å². The molecule has 1 aromatic heterocycles. The molecule has 4 aliphatic carbocycles. The van der Waals surface area contributed by atoms with Crippen molar-refractivity contribution in [3.8, 4) is 0 Å². The largest absolute Gasteiger partial charge is 0.433 e. The lowest BCUT2D eigenvalue weighted by Gasteiger charge is -2.58. The van der Waals surface area contributed by atoms with Crippen molar-refractivity contribution in [3.63, 3.8) is 0 Å². The van der Waals surface area contributed by atoms with Gasteiger partial charge < -0.3 is 30.7 Å². The molecule has 5 atom stereocenters. The molecule has 1 unspecified atom stereocenters. The van der Waals surface area contributed by atoms with E-state index >= 15 is 9.18 Å². The highest BCUT2D eigenvalue weighted by molar-refractivity contribution is 6.30. The lowest BCUT2D eigenvalue weighted by molar-refractivity contribution is -0.155. The van der Waals surface area contributed by atoms with Gasteiger partial charge in [-0.2, -0.15) is 13.2 Å². The Hall–Kier alpha value is -5.33. The second kappa shape index (κ2) is 18.4. The first-order chi connectivity index (χ1) is 36.1. The summed E-state index contributed by atoms with van der Waals surface area (Å²) in [6, 6.07) is 10.2. The molecule has 10 aliphatic rings. The Balaban J connectivity index is 0.658. The van der Waals surface area contributed by atoms with Gasteiger partial charge in [0.25, 0.3) is 5.91 Å². The van der Waals surface area contributed by atoms with Crippen LogP contribution in [0, 0.1) is 22.1 Å². The van der Waals surface area contributed by atoms with E-state index in [1.54, 1.807) is 17.0 Å². The summed E-state index contributed by atoms with van der Waals surface area (Å²) >= 11 is 6.44. The number of pyridine rings is 1. The zero-order chi connectivity index (χ0) is 53.3. The molecule has 6 aliphatic heterocycles. The molecule has 0 radical (unpaired) electrons. The van der Waals surface area contributed by atoms with Gasteiger partial charge in [0, 0.05) is 122 Å². The SMILES string of the molecule is CC(C)(C)C[C@@H]1N[C@@H](C(=O)NC23CCC(C(=O)N4CCC5(CC4)CC(N4CCN(c6ccc7c(c6)CN(C6CCC(=O)NC6=O)C7=O)CC4)C5)(CC2)CC3)[C@H](c2cccc(Cl)c2F)[C@]12CNc1cc(C(F)(F)F)ncc12. The number of hydrogen-bond acceptors (Lipinski definition) is 10. The maximum Gasteiger partial charge on any atom is 0.433 e. The van der Waals surface area contributed by atoms with Crippen LogP contribution in [0.5, 0.6) is 0 Å². The Bertz CT molecular complexity index is 2860. The molecule has 5 amide bonds. The quantitative estimate of drug-likeness (QED) is 0.130. The summed E-state index contributed by atoms with van der Waals surface area (Å²) in [4.78, 5) is 79.8. The molecule has 2 bridgehead atoms. The number of carbonyl (C=O) groups is 5. The van der Waals surface area contributed by atoms with Crippen LogP contribution in [0.4, 0.5) is 28.9 Å². The fourth-order valence-corrected chi connectivity index (χ4v) is 15.8. The van der Waals surface area contributed by atoms with Gasteiger partial charge in [-0.25, -0.2) is 4.39 Å². The molecule has 14 nitrogen and oxygen atoms in total. The second-order valence-electron chi connectivity index (χ2n) is 25.3. The molecular weight excluding hydrogens is 1000 g/mol. The van der Waals surface area contributed by atoms with Crippen LogP contribution in [0.1, 0.15) is 143 Å². The normalized spacial score (nSPS) is 31.4. The summed E-state index contributed by atoms with van der Waals surface area (Å²) in [6.45, 7) is 11.9. The van der Waals surface area contributed by atoms with Crippen molar-refractivity contribution >= 4 is 52.5 Å². The van der Waals surface area contributed by atoms with E-state index in [0.717, 1.165) is 82.3 Å². The average molecular weight is 1070 g/mol. The monoisotopic (exact) mass is 1070 g/mol. The van der Waals surface area contributed by atoms with Gasteiger partial charge in [-0.1, -0.05) is 44.5 Å². The number of carbonyl (C=O) groups excluding carboxylic acids is 5. The highest BCUT2D eigenvalue weighted by atomic mass is 35.5. The Morgan fingerprint density at radius 3 is 2.28 bits per heavy atom. The highest BCUT2D eigenvalue weighted by Gasteiger charge is 2.63. The number of amides is 5. The Morgan fingerprint density at radius 1 is 0.895 bits per heavy atom. The summed E-state index contributed by atoms with van der Waals surface area (Å²) < 4.78 is 58.3. The number of nitrogens with zero attached hydrogens (tertiary/aromatic N) is 5. The van der Waals surface area contributed by atoms with E-state index in [4.69, 9.17) is 11.6 Å². The number of piperazine rings is 1. The van der Waals surface area contributed by atoms with Crippen molar-refractivity contribution in [3.05, 3.63) is 87.4 Å². The fraction of sp³-hybridized carbons (Fsp3) is 0.614. The summed E-state index contributed by atoms with van der Waals surface area (Å²) in [6.07, 6.45) is 5.86. The minimum Gasteiger partial charge on any atom is -0.384 e. The third-order valence-electron chi connectivity index (χ3n) is 19.8. The van der Waals surface area contributed by atoms with Crippen LogP contribution in [0.25, 0.3) is 0 Å². The van der Waals surface area contributed by atoms with Crippen LogP contribution in [-0.4, -0.2) is 125 Å². The van der Waals surface area contributed by atoms with Crippen molar-refractivity contribution in [2.24, 2.45) is 16.2 Å². The number of fused-ring (bicyclic) bond motifs is 6. The van der Waals surface area contributed by atoms with Crippen LogP contribution in [0.2, 0.25) is 5.02 Å². The minimum atomic E-state index is -4.67. The number of rotatable bonds is 8. The number of nitrogens with one attached hydrogen (secondary N) is 4. The van der Waals surface area contributed by atoms with Gasteiger partial charge in [-0.05, 0) is 129 Å². The molecule has 2 aromatic carbocycles. The summed E-state index contributed by atoms with van der Waals surface area (Å²) in [7, 11) is 0. The Labute approximate surface area is 445 Å². The molecule has 13 rings (SSSR count). The summed E-state index contributed by atoms with van der Waals surface area (Å²) in [5, 5.41) is 12.6. The maximum absolute atomic E-state index is 16.4. The molecule has 3 aromatic rings. The molecule has 8 fully saturated rings. The molecular formula is C57H68ClF4N9O5. The van der Waals surface area contributed by atoms with E-state index in [1.165, 1.54) is 12.3 Å². The van der Waals surface area contributed by atoms with Gasteiger partial charge in [0.15, 0.2) is 0 Å². The Morgan fingerprint density at radius 2 is 1.61 bits per heavy atom. The van der Waals surface area contributed by atoms with Crippen molar-refractivity contribution < 1.29 is 41.5 Å². The first-order valence-electron chi connectivity index (χ1n) is 27.5. The number of halogens is 5. The first-order valence-corrected chi connectivity index (χ1v) is 27.9. The lowest BCUT2D eigenvalue weighted by atomic mass is 9.56. The fourth-order valence-electron chi connectivity index (χ4n) is 15.6. The number of likely N-dealkylation sites (tertiary alicyclic amines) is 1. The topological polar surface area (TPSA) is 159 Å². The molecule has 4 saturated heterocycles. The highest BCUT2D eigenvalue weighted by Crippen LogP contribution is 2.59. The van der Waals surface area contributed by atoms with Crippen molar-refractivity contribution in [1.82, 2.24) is 35.6 Å². The molecule has 406 valence electrons. The predicted octanol–water partition coefficient (Wildman–Crippen LogP) is 7.68. The number of hydrogen-bond donors (Lipinski definition) is 4. The minimum absolute atomic E-state index is 0.104. The van der Waals surface area contributed by atoms with E-state index in [0.29, 0.717) is 75.1 Å². The van der Waals surface area contributed by atoms with Crippen LogP contribution < -0.4 is 26.2 Å². The van der Waals surface area contributed by atoms with Gasteiger partial charge in [0.2, 0.25) is 23.6 Å². The van der Waals surface area contributed by atoms with Crippen molar-refractivity contribution in [2.45, 2.75) is 158 Å². The zero-order valence-corrected chi connectivity index (χ0v) is 44.3. The van der Waals surface area contributed by atoms with Crippen molar-refractivity contribution in [2.75, 3.05) is 56.0 Å². The number of alkyl halides is 3. The average Bonchev–Trinajstić information content (AvgIpc) is 4.11. The van der Waals surface area contributed by atoms with Crippen LogP contribution in [0.15, 0.2) is 48.7 Å². The smallest absolute Gasteiger partial charge is 0.384 e. The number of imide groups is 1. The third kappa shape index (κ3) is 8.65. The molecule has 7 heterocycles. The van der Waals surface area contributed by atoms with E-state index in [2.05, 4.69) is 67.8 Å². The molecule has 4 N–H and O–H groups in total. The summed E-state index contributed by atoms with van der Waals surface area (Å²) in [5.74, 6) is -2.44. The second-order valence-corrected chi connectivity index (χ2v) is 25.7. The number of piperidine rings is 2. The van der Waals surface area contributed by atoms with E-state index in [1.807, 2.05) is 12.1 Å². The predicted molar refractivity (Wildman–Crippen MR) is 277 cm³/mol. The zero-order valence-electron chi connectivity index (χ0n) is 43.5. The van der Waals surface area contributed by atoms with Gasteiger partial charge >= 0.3 is 6.18 Å². The Kier molecular flexibility index (Phi) is 12.4. The number of benzene rings is 2. The van der Waals surface area contributed by atoms with Gasteiger partial charge in [0.1, 0.15) is 17.6 Å².